The fraction of sp³-hybridized carbons (Fsp3) is 0.500. The highest BCUT2D eigenvalue weighted by atomic mass is 35.5. The van der Waals surface area contributed by atoms with E-state index in [9.17, 15) is 4.79 Å². The molecule has 2 aliphatic heterocycles. The van der Waals surface area contributed by atoms with Gasteiger partial charge in [-0.25, -0.2) is 4.98 Å². The summed E-state index contributed by atoms with van der Waals surface area (Å²) in [6.07, 6.45) is 0.896. The topological polar surface area (TPSA) is 45.7 Å². The number of ether oxygens (including phenoxy) is 1. The molecule has 0 spiro atoms. The van der Waals surface area contributed by atoms with Crippen molar-refractivity contribution in [1.82, 2.24) is 9.88 Å². The summed E-state index contributed by atoms with van der Waals surface area (Å²) < 4.78 is 6.42. The molecular weight excluding hydrogens is 334 g/mol. The van der Waals surface area contributed by atoms with Gasteiger partial charge in [-0.05, 0) is 24.6 Å². The summed E-state index contributed by atoms with van der Waals surface area (Å²) in [4.78, 5) is 21.5. The number of thiazole rings is 1. The molecule has 0 bridgehead atoms. The van der Waals surface area contributed by atoms with Crippen LogP contribution in [0.15, 0.2) is 18.2 Å². The Labute approximate surface area is 143 Å². The SMILES string of the molecule is O=C(C1CCN(c2nc3ccc(Cl)cc3s2)C1)N1CCOCC1. The average molecular weight is 352 g/mol. The zero-order valence-electron chi connectivity index (χ0n) is 12.7. The van der Waals surface area contributed by atoms with Gasteiger partial charge < -0.3 is 14.5 Å². The standard InChI is InChI=1S/C16H18ClN3O2S/c17-12-1-2-13-14(9-12)23-16(18-13)20-4-3-11(10-20)15(21)19-5-7-22-8-6-19/h1-2,9,11H,3-8,10H2. The first kappa shape index (κ1) is 15.2. The third kappa shape index (κ3) is 3.03. The predicted octanol–water partition coefficient (Wildman–Crippen LogP) is 2.63. The van der Waals surface area contributed by atoms with Crippen molar-refractivity contribution in [3.8, 4) is 0 Å². The van der Waals surface area contributed by atoms with Crippen LogP contribution in [0.25, 0.3) is 10.2 Å². The minimum Gasteiger partial charge on any atom is -0.378 e. The van der Waals surface area contributed by atoms with E-state index >= 15 is 0 Å². The summed E-state index contributed by atoms with van der Waals surface area (Å²) in [6.45, 7) is 4.38. The van der Waals surface area contributed by atoms with E-state index in [1.54, 1.807) is 11.3 Å². The van der Waals surface area contributed by atoms with Gasteiger partial charge in [0, 0.05) is 31.2 Å². The van der Waals surface area contributed by atoms with Crippen LogP contribution < -0.4 is 4.90 Å². The number of fused-ring (bicyclic) bond motifs is 1. The first-order valence-electron chi connectivity index (χ1n) is 7.88. The van der Waals surface area contributed by atoms with Crippen LogP contribution in [0.4, 0.5) is 5.13 Å². The largest absolute Gasteiger partial charge is 0.378 e. The molecule has 5 nitrogen and oxygen atoms in total. The van der Waals surface area contributed by atoms with E-state index in [2.05, 4.69) is 9.88 Å². The lowest BCUT2D eigenvalue weighted by atomic mass is 10.1. The van der Waals surface area contributed by atoms with Crippen molar-refractivity contribution in [1.29, 1.82) is 0 Å². The molecule has 1 atom stereocenters. The first-order valence-corrected chi connectivity index (χ1v) is 9.08. The molecule has 7 heteroatoms. The van der Waals surface area contributed by atoms with Crippen molar-refractivity contribution in [2.75, 3.05) is 44.3 Å². The second-order valence-electron chi connectivity index (χ2n) is 5.98. The van der Waals surface area contributed by atoms with E-state index in [0.717, 1.165) is 53.0 Å². The Hall–Kier alpha value is -1.37. The number of carbonyl (C=O) groups excluding carboxylic acids is 1. The van der Waals surface area contributed by atoms with Gasteiger partial charge >= 0.3 is 0 Å². The average Bonchev–Trinajstić information content (AvgIpc) is 3.21. The Morgan fingerprint density at radius 2 is 2.13 bits per heavy atom. The van der Waals surface area contributed by atoms with Crippen molar-refractivity contribution in [3.05, 3.63) is 23.2 Å². The van der Waals surface area contributed by atoms with Gasteiger partial charge in [0.15, 0.2) is 5.13 Å². The highest BCUT2D eigenvalue weighted by molar-refractivity contribution is 7.22. The first-order chi connectivity index (χ1) is 11.2. The highest BCUT2D eigenvalue weighted by Gasteiger charge is 2.33. The number of aromatic nitrogens is 1. The van der Waals surface area contributed by atoms with Gasteiger partial charge in [-0.15, -0.1) is 0 Å². The molecule has 2 aliphatic rings. The van der Waals surface area contributed by atoms with Gasteiger partial charge in [-0.1, -0.05) is 22.9 Å². The summed E-state index contributed by atoms with van der Waals surface area (Å²) in [5.74, 6) is 0.337. The van der Waals surface area contributed by atoms with Gasteiger partial charge in [-0.3, -0.25) is 4.79 Å². The third-order valence-corrected chi connectivity index (χ3v) is 5.78. The monoisotopic (exact) mass is 351 g/mol. The summed E-state index contributed by atoms with van der Waals surface area (Å²) in [7, 11) is 0. The second kappa shape index (κ2) is 6.26. The van der Waals surface area contributed by atoms with Crippen molar-refractivity contribution in [2.24, 2.45) is 5.92 Å². The molecule has 0 saturated carbocycles. The number of hydrogen-bond acceptors (Lipinski definition) is 5. The van der Waals surface area contributed by atoms with E-state index in [1.165, 1.54) is 0 Å². The summed E-state index contributed by atoms with van der Waals surface area (Å²) >= 11 is 7.69. The number of halogens is 1. The number of hydrogen-bond donors (Lipinski definition) is 0. The van der Waals surface area contributed by atoms with Gasteiger partial charge in [0.05, 0.1) is 29.3 Å². The van der Waals surface area contributed by atoms with E-state index < -0.39 is 0 Å². The normalized spacial score (nSPS) is 22.0. The van der Waals surface area contributed by atoms with Crippen LogP contribution in [0, 0.1) is 5.92 Å². The van der Waals surface area contributed by atoms with E-state index in [0.29, 0.717) is 13.2 Å². The Balaban J connectivity index is 1.47. The minimum atomic E-state index is 0.0729. The minimum absolute atomic E-state index is 0.0729. The maximum atomic E-state index is 12.6. The molecule has 2 aromatic rings. The van der Waals surface area contributed by atoms with Gasteiger partial charge in [-0.2, -0.15) is 0 Å². The molecule has 0 radical (unpaired) electrons. The summed E-state index contributed by atoms with van der Waals surface area (Å²) in [5.41, 5.74) is 0.970. The van der Waals surface area contributed by atoms with Crippen LogP contribution in [-0.4, -0.2) is 55.2 Å². The van der Waals surface area contributed by atoms with Crippen molar-refractivity contribution >= 4 is 44.2 Å². The smallest absolute Gasteiger partial charge is 0.227 e. The van der Waals surface area contributed by atoms with E-state index in [1.807, 2.05) is 23.1 Å². The fourth-order valence-corrected chi connectivity index (χ4v) is 4.48. The number of benzene rings is 1. The quantitative estimate of drug-likeness (QED) is 0.834. The molecule has 2 saturated heterocycles. The molecule has 1 amide bonds. The molecule has 0 N–H and O–H groups in total. The molecule has 0 aliphatic carbocycles. The van der Waals surface area contributed by atoms with E-state index in [-0.39, 0.29) is 11.8 Å². The molecule has 1 unspecified atom stereocenters. The lowest BCUT2D eigenvalue weighted by molar-refractivity contribution is -0.138. The zero-order valence-corrected chi connectivity index (χ0v) is 14.3. The molecule has 1 aromatic heterocycles. The number of morpholine rings is 1. The number of amides is 1. The molecule has 23 heavy (non-hydrogen) atoms. The lowest BCUT2D eigenvalue weighted by Gasteiger charge is -2.29. The van der Waals surface area contributed by atoms with Crippen molar-refractivity contribution in [3.63, 3.8) is 0 Å². The second-order valence-corrected chi connectivity index (χ2v) is 7.42. The Bertz CT molecular complexity index is 729. The zero-order chi connectivity index (χ0) is 15.8. The van der Waals surface area contributed by atoms with Gasteiger partial charge in [0.1, 0.15) is 0 Å². The van der Waals surface area contributed by atoms with Gasteiger partial charge in [0.2, 0.25) is 5.91 Å². The highest BCUT2D eigenvalue weighted by Crippen LogP contribution is 2.33. The number of nitrogens with zero attached hydrogens (tertiary/aromatic N) is 3. The maximum absolute atomic E-state index is 12.6. The van der Waals surface area contributed by atoms with Crippen LogP contribution in [0.2, 0.25) is 5.02 Å². The van der Waals surface area contributed by atoms with Gasteiger partial charge in [0.25, 0.3) is 0 Å². The summed E-state index contributed by atoms with van der Waals surface area (Å²) in [6, 6.07) is 5.76. The maximum Gasteiger partial charge on any atom is 0.227 e. The Kier molecular flexibility index (Phi) is 4.13. The molecular formula is C16H18ClN3O2S. The molecule has 122 valence electrons. The number of rotatable bonds is 2. The Morgan fingerprint density at radius 3 is 2.96 bits per heavy atom. The van der Waals surface area contributed by atoms with Crippen molar-refractivity contribution in [2.45, 2.75) is 6.42 Å². The number of anilines is 1. The molecule has 4 rings (SSSR count). The molecule has 2 fully saturated rings. The van der Waals surface area contributed by atoms with Crippen LogP contribution >= 0.6 is 22.9 Å². The van der Waals surface area contributed by atoms with Crippen LogP contribution in [-0.2, 0) is 9.53 Å². The third-order valence-electron chi connectivity index (χ3n) is 4.47. The fourth-order valence-electron chi connectivity index (χ4n) is 3.20. The van der Waals surface area contributed by atoms with Crippen molar-refractivity contribution < 1.29 is 9.53 Å². The van der Waals surface area contributed by atoms with E-state index in [4.69, 9.17) is 16.3 Å². The Morgan fingerprint density at radius 1 is 1.30 bits per heavy atom. The number of carbonyl (C=O) groups is 1. The van der Waals surface area contributed by atoms with Crippen LogP contribution in [0.1, 0.15) is 6.42 Å². The summed E-state index contributed by atoms with van der Waals surface area (Å²) in [5, 5.41) is 1.72. The molecule has 1 aromatic carbocycles. The van der Waals surface area contributed by atoms with Crippen LogP contribution in [0.5, 0.6) is 0 Å². The molecule has 3 heterocycles. The predicted molar refractivity (Wildman–Crippen MR) is 92.3 cm³/mol. The van der Waals surface area contributed by atoms with Crippen LogP contribution in [0.3, 0.4) is 0 Å². The lowest BCUT2D eigenvalue weighted by Crippen LogP contribution is -2.44.